The van der Waals surface area contributed by atoms with Gasteiger partial charge in [-0.25, -0.2) is 4.98 Å². The van der Waals surface area contributed by atoms with E-state index in [0.29, 0.717) is 11.6 Å². The van der Waals surface area contributed by atoms with Crippen molar-refractivity contribution in [1.29, 1.82) is 0 Å². The standard InChI is InChI=1S/C14H16FN2OPS.C2H6/c1-18-12-4-2-3-10(7-12)8-17-14(19)11-5-6-13(20-15)16-9-11;1-2/h2-7,9,14,17H,8,19H2,1H3;1-2H3. The summed E-state index contributed by atoms with van der Waals surface area (Å²) in [6, 6.07) is 11.4. The molecule has 0 amide bonds. The van der Waals surface area contributed by atoms with E-state index < -0.39 is 0 Å². The van der Waals surface area contributed by atoms with Gasteiger partial charge in [0.05, 0.1) is 7.11 Å². The van der Waals surface area contributed by atoms with Crippen LogP contribution in [-0.4, -0.2) is 12.1 Å². The highest BCUT2D eigenvalue weighted by atomic mass is 32.2. The summed E-state index contributed by atoms with van der Waals surface area (Å²) in [5.74, 6) is 0.906. The third-order valence-corrected chi connectivity index (χ3v) is 3.88. The second kappa shape index (κ2) is 10.5. The molecule has 0 aliphatic carbocycles. The van der Waals surface area contributed by atoms with E-state index in [2.05, 4.69) is 19.5 Å². The summed E-state index contributed by atoms with van der Waals surface area (Å²) in [6.07, 6.45) is 1.68. The minimum atomic E-state index is 0.0624. The molecule has 0 aliphatic rings. The van der Waals surface area contributed by atoms with Gasteiger partial charge >= 0.3 is 0 Å². The van der Waals surface area contributed by atoms with Gasteiger partial charge in [0.25, 0.3) is 0 Å². The lowest BCUT2D eigenvalue weighted by Crippen LogP contribution is -2.16. The fourth-order valence-electron chi connectivity index (χ4n) is 1.75. The zero-order chi connectivity index (χ0) is 16.4. The average Bonchev–Trinajstić information content (AvgIpc) is 2.61. The Morgan fingerprint density at radius 3 is 2.68 bits per heavy atom. The van der Waals surface area contributed by atoms with Crippen LogP contribution in [0.2, 0.25) is 0 Å². The predicted octanol–water partition coefficient (Wildman–Crippen LogP) is 4.76. The van der Waals surface area contributed by atoms with E-state index in [-0.39, 0.29) is 17.9 Å². The fraction of sp³-hybridized carbons (Fsp3) is 0.312. The number of pyridine rings is 1. The van der Waals surface area contributed by atoms with Crippen LogP contribution in [0.25, 0.3) is 0 Å². The highest BCUT2D eigenvalue weighted by Gasteiger charge is 2.06. The van der Waals surface area contributed by atoms with Crippen molar-refractivity contribution in [3.05, 3.63) is 53.7 Å². The average molecular weight is 340 g/mol. The van der Waals surface area contributed by atoms with Crippen molar-refractivity contribution in [2.45, 2.75) is 31.2 Å². The first-order chi connectivity index (χ1) is 10.7. The maximum absolute atomic E-state index is 12.3. The largest absolute Gasteiger partial charge is 0.497 e. The van der Waals surface area contributed by atoms with Gasteiger partial charge in [0.2, 0.25) is 0 Å². The number of benzene rings is 1. The van der Waals surface area contributed by atoms with E-state index in [1.807, 2.05) is 44.2 Å². The topological polar surface area (TPSA) is 34.1 Å². The van der Waals surface area contributed by atoms with E-state index in [1.54, 1.807) is 19.4 Å². The van der Waals surface area contributed by atoms with Gasteiger partial charge in [0, 0.05) is 18.5 Å². The Morgan fingerprint density at radius 2 is 2.09 bits per heavy atom. The normalized spacial score (nSPS) is 11.3. The lowest BCUT2D eigenvalue weighted by molar-refractivity contribution is 0.414. The number of rotatable bonds is 6. The molecule has 0 bridgehead atoms. The Labute approximate surface area is 138 Å². The van der Waals surface area contributed by atoms with Gasteiger partial charge in [0.15, 0.2) is 0 Å². The van der Waals surface area contributed by atoms with E-state index in [0.717, 1.165) is 16.9 Å². The Kier molecular flexibility index (Phi) is 9.05. The maximum atomic E-state index is 12.3. The molecule has 1 aromatic heterocycles. The van der Waals surface area contributed by atoms with Gasteiger partial charge in [-0.2, -0.15) is 3.89 Å². The van der Waals surface area contributed by atoms with Gasteiger partial charge in [-0.05, 0) is 29.3 Å². The first-order valence-corrected chi connectivity index (χ1v) is 8.47. The third kappa shape index (κ3) is 5.91. The van der Waals surface area contributed by atoms with Crippen LogP contribution in [-0.2, 0) is 6.54 Å². The molecule has 1 aromatic carbocycles. The summed E-state index contributed by atoms with van der Waals surface area (Å²) >= 11 is 0.151. The van der Waals surface area contributed by atoms with Crippen LogP contribution in [0.4, 0.5) is 3.89 Å². The van der Waals surface area contributed by atoms with E-state index in [1.165, 1.54) is 0 Å². The van der Waals surface area contributed by atoms with Crippen LogP contribution in [0.15, 0.2) is 47.6 Å². The van der Waals surface area contributed by atoms with Gasteiger partial charge < -0.3 is 10.1 Å². The van der Waals surface area contributed by atoms with Crippen molar-refractivity contribution in [3.63, 3.8) is 0 Å². The summed E-state index contributed by atoms with van der Waals surface area (Å²) in [7, 11) is 4.37. The number of ether oxygens (including phenoxy) is 1. The maximum Gasteiger partial charge on any atom is 0.129 e. The zero-order valence-corrected chi connectivity index (χ0v) is 15.0. The molecular formula is C16H22FN2OPS. The highest BCUT2D eigenvalue weighted by molar-refractivity contribution is 7.94. The summed E-state index contributed by atoms with van der Waals surface area (Å²) in [6.45, 7) is 4.71. The smallest absolute Gasteiger partial charge is 0.129 e. The van der Waals surface area contributed by atoms with Gasteiger partial charge in [-0.15, -0.1) is 9.24 Å². The molecule has 1 N–H and O–H groups in total. The van der Waals surface area contributed by atoms with Crippen molar-refractivity contribution in [2.75, 3.05) is 7.11 Å². The number of aromatic nitrogens is 1. The zero-order valence-electron chi connectivity index (χ0n) is 13.0. The highest BCUT2D eigenvalue weighted by Crippen LogP contribution is 2.23. The summed E-state index contributed by atoms with van der Waals surface area (Å²) in [5.41, 5.74) is 2.14. The molecule has 0 radical (unpaired) electrons. The lowest BCUT2D eigenvalue weighted by atomic mass is 10.2. The second-order valence-electron chi connectivity index (χ2n) is 4.22. The van der Waals surface area contributed by atoms with Crippen molar-refractivity contribution < 1.29 is 8.62 Å². The molecule has 6 heteroatoms. The van der Waals surface area contributed by atoms with Gasteiger partial charge in [-0.1, -0.05) is 32.0 Å². The summed E-state index contributed by atoms with van der Waals surface area (Å²) in [4.78, 5) is 4.02. The lowest BCUT2D eigenvalue weighted by Gasteiger charge is -2.14. The van der Waals surface area contributed by atoms with Crippen molar-refractivity contribution >= 4 is 21.4 Å². The molecule has 0 fully saturated rings. The molecule has 1 heterocycles. The summed E-state index contributed by atoms with van der Waals surface area (Å²) in [5, 5.41) is 3.74. The number of methoxy groups -OCH3 is 1. The van der Waals surface area contributed by atoms with Crippen LogP contribution in [0.1, 0.15) is 30.8 Å². The first kappa shape index (κ1) is 18.9. The van der Waals surface area contributed by atoms with Crippen LogP contribution >= 0.6 is 21.4 Å². The Hall–Kier alpha value is -1.16. The molecule has 0 aliphatic heterocycles. The minimum absolute atomic E-state index is 0.0624. The Balaban J connectivity index is 0.00000116. The fourth-order valence-corrected chi connectivity index (χ4v) is 2.28. The molecular weight excluding hydrogens is 318 g/mol. The number of hydrogen-bond donors (Lipinski definition) is 1. The van der Waals surface area contributed by atoms with Crippen molar-refractivity contribution in [3.8, 4) is 5.75 Å². The molecule has 22 heavy (non-hydrogen) atoms. The van der Waals surface area contributed by atoms with Crippen molar-refractivity contribution in [2.24, 2.45) is 0 Å². The molecule has 2 unspecified atom stereocenters. The van der Waals surface area contributed by atoms with Crippen LogP contribution in [0, 0.1) is 0 Å². The minimum Gasteiger partial charge on any atom is -0.497 e. The van der Waals surface area contributed by atoms with E-state index in [9.17, 15) is 3.89 Å². The van der Waals surface area contributed by atoms with Gasteiger partial charge in [0.1, 0.15) is 22.9 Å². The number of halogens is 1. The predicted molar refractivity (Wildman–Crippen MR) is 94.8 cm³/mol. The number of nitrogens with zero attached hydrogens (tertiary/aromatic N) is 1. The molecule has 2 aromatic rings. The van der Waals surface area contributed by atoms with E-state index >= 15 is 0 Å². The van der Waals surface area contributed by atoms with Crippen LogP contribution in [0.3, 0.4) is 0 Å². The second-order valence-corrected chi connectivity index (χ2v) is 5.46. The Bertz CT molecular complexity index is 554. The monoisotopic (exact) mass is 340 g/mol. The number of hydrogen-bond acceptors (Lipinski definition) is 4. The van der Waals surface area contributed by atoms with Crippen molar-refractivity contribution in [1.82, 2.24) is 10.3 Å². The molecule has 2 atom stereocenters. The molecule has 0 saturated carbocycles. The first-order valence-electron chi connectivity index (χ1n) is 7.09. The number of nitrogens with one attached hydrogen (secondary N) is 1. The molecule has 120 valence electrons. The molecule has 2 rings (SSSR count). The Morgan fingerprint density at radius 1 is 1.32 bits per heavy atom. The van der Waals surface area contributed by atoms with Crippen LogP contribution in [0.5, 0.6) is 5.75 Å². The third-order valence-electron chi connectivity index (χ3n) is 2.86. The molecule has 3 nitrogen and oxygen atoms in total. The SMILES string of the molecule is CC.COc1cccc(CNC(P)c2ccc(SF)nc2)c1. The van der Waals surface area contributed by atoms with E-state index in [4.69, 9.17) is 4.74 Å². The quantitative estimate of drug-likeness (QED) is 0.769. The molecule has 0 spiro atoms. The summed E-state index contributed by atoms with van der Waals surface area (Å²) < 4.78 is 17.5. The van der Waals surface area contributed by atoms with Gasteiger partial charge in [-0.3, -0.25) is 0 Å². The molecule has 0 saturated heterocycles. The van der Waals surface area contributed by atoms with Crippen LogP contribution < -0.4 is 10.1 Å².